The smallest absolute Gasteiger partial charge is 0.255 e. The maximum absolute atomic E-state index is 13.2. The van der Waals surface area contributed by atoms with Crippen molar-refractivity contribution in [2.75, 3.05) is 19.7 Å². The lowest BCUT2D eigenvalue weighted by molar-refractivity contribution is -0.136. The number of hydrogen-bond acceptors (Lipinski definition) is 6. The van der Waals surface area contributed by atoms with E-state index in [-0.39, 0.29) is 29.6 Å². The Morgan fingerprint density at radius 1 is 1.14 bits per heavy atom. The van der Waals surface area contributed by atoms with Crippen LogP contribution in [0.15, 0.2) is 36.5 Å². The highest BCUT2D eigenvalue weighted by atomic mass is 16.5. The van der Waals surface area contributed by atoms with Crippen molar-refractivity contribution < 1.29 is 19.1 Å². The highest BCUT2D eigenvalue weighted by molar-refractivity contribution is 6.05. The maximum atomic E-state index is 13.2. The van der Waals surface area contributed by atoms with Gasteiger partial charge in [0.1, 0.15) is 11.8 Å². The first kappa shape index (κ1) is 22.5. The summed E-state index contributed by atoms with van der Waals surface area (Å²) in [6, 6.07) is 9.93. The highest BCUT2D eigenvalue weighted by Crippen LogP contribution is 2.49. The van der Waals surface area contributed by atoms with Gasteiger partial charge in [-0.25, -0.2) is 0 Å². The molecule has 9 nitrogen and oxygen atoms in total. The summed E-state index contributed by atoms with van der Waals surface area (Å²) < 4.78 is 8.22. The molecule has 4 aliphatic rings. The Morgan fingerprint density at radius 2 is 1.97 bits per heavy atom. The van der Waals surface area contributed by atoms with E-state index in [9.17, 15) is 14.4 Å². The van der Waals surface area contributed by atoms with Crippen molar-refractivity contribution in [2.24, 2.45) is 7.05 Å². The number of likely N-dealkylation sites (tertiary alicyclic amines) is 1. The summed E-state index contributed by atoms with van der Waals surface area (Å²) in [7, 11) is 1.97. The van der Waals surface area contributed by atoms with Gasteiger partial charge in [-0.15, -0.1) is 0 Å². The summed E-state index contributed by atoms with van der Waals surface area (Å²) in [6.45, 7) is 3.84. The zero-order valence-electron chi connectivity index (χ0n) is 20.8. The van der Waals surface area contributed by atoms with Crippen molar-refractivity contribution in [2.45, 2.75) is 50.2 Å². The summed E-state index contributed by atoms with van der Waals surface area (Å²) in [5.74, 6) is 0.00890. The molecule has 0 saturated carbocycles. The third-order valence-electron chi connectivity index (χ3n) is 8.76. The molecule has 0 radical (unpaired) electrons. The number of rotatable bonds is 3. The van der Waals surface area contributed by atoms with E-state index in [1.54, 1.807) is 4.90 Å². The summed E-state index contributed by atoms with van der Waals surface area (Å²) in [6.07, 6.45) is 4.51. The van der Waals surface area contributed by atoms with Gasteiger partial charge in [0.2, 0.25) is 11.8 Å². The minimum Gasteiger partial charge on any atom is -0.492 e. The molecule has 2 fully saturated rings. The first-order valence-corrected chi connectivity index (χ1v) is 13.0. The molecule has 3 aromatic rings. The van der Waals surface area contributed by atoms with Crippen molar-refractivity contribution in [3.05, 3.63) is 58.8 Å². The van der Waals surface area contributed by atoms with Crippen LogP contribution in [0.25, 0.3) is 10.9 Å². The number of hydrogen-bond donors (Lipinski definition) is 1. The van der Waals surface area contributed by atoms with Crippen molar-refractivity contribution in [1.29, 1.82) is 0 Å². The number of aromatic nitrogens is 2. The second kappa shape index (κ2) is 8.14. The Labute approximate surface area is 214 Å². The van der Waals surface area contributed by atoms with Gasteiger partial charge in [0.15, 0.2) is 0 Å². The number of aryl methyl sites for hydroxylation is 1. The van der Waals surface area contributed by atoms with Gasteiger partial charge in [0.05, 0.1) is 24.9 Å². The predicted octanol–water partition coefficient (Wildman–Crippen LogP) is 2.26. The first-order valence-electron chi connectivity index (χ1n) is 13.0. The lowest BCUT2D eigenvalue weighted by atomic mass is 9.74. The number of nitrogens with one attached hydrogen (secondary N) is 1. The van der Waals surface area contributed by atoms with Crippen molar-refractivity contribution >= 4 is 28.6 Å². The third kappa shape index (κ3) is 3.48. The molecule has 7 rings (SSSR count). The van der Waals surface area contributed by atoms with E-state index in [0.29, 0.717) is 25.1 Å². The molecule has 2 aromatic carbocycles. The fourth-order valence-corrected chi connectivity index (χ4v) is 6.58. The lowest BCUT2D eigenvalue weighted by Crippen LogP contribution is -2.52. The number of fused-ring (bicyclic) bond motifs is 5. The van der Waals surface area contributed by atoms with Gasteiger partial charge in [-0.3, -0.25) is 29.3 Å². The average Bonchev–Trinajstić information content (AvgIpc) is 3.55. The molecule has 5 heterocycles. The van der Waals surface area contributed by atoms with Crippen LogP contribution in [0.4, 0.5) is 0 Å². The SMILES string of the molecule is Cn1ncc2ccc(CN3CCC4(CC3)COc3c4ccc4c3CN(C3CCC(=O)NC3=O)C4=O)cc21. The van der Waals surface area contributed by atoms with Crippen molar-refractivity contribution in [3.8, 4) is 5.75 Å². The van der Waals surface area contributed by atoms with Crippen molar-refractivity contribution in [3.63, 3.8) is 0 Å². The third-order valence-corrected chi connectivity index (χ3v) is 8.76. The molecular weight excluding hydrogens is 470 g/mol. The zero-order chi connectivity index (χ0) is 25.3. The fourth-order valence-electron chi connectivity index (χ4n) is 6.58. The van der Waals surface area contributed by atoms with E-state index in [2.05, 4.69) is 39.6 Å². The Hall–Kier alpha value is -3.72. The van der Waals surface area contributed by atoms with Crippen LogP contribution in [-0.4, -0.2) is 63.0 Å². The predicted molar refractivity (Wildman–Crippen MR) is 135 cm³/mol. The molecule has 0 aliphatic carbocycles. The molecule has 1 N–H and O–H groups in total. The van der Waals surface area contributed by atoms with Crippen LogP contribution in [0, 0.1) is 0 Å². The molecule has 1 aromatic heterocycles. The fraction of sp³-hybridized carbons (Fsp3) is 0.429. The quantitative estimate of drug-likeness (QED) is 0.556. The second-order valence-electron chi connectivity index (χ2n) is 10.9. The zero-order valence-corrected chi connectivity index (χ0v) is 20.8. The molecule has 9 heteroatoms. The molecule has 37 heavy (non-hydrogen) atoms. The summed E-state index contributed by atoms with van der Waals surface area (Å²) in [5.41, 5.74) is 5.09. The number of piperidine rings is 2. The Morgan fingerprint density at radius 3 is 2.78 bits per heavy atom. The van der Waals surface area contributed by atoms with E-state index in [4.69, 9.17) is 4.74 Å². The minimum absolute atomic E-state index is 0.0437. The number of carbonyl (C=O) groups is 3. The van der Waals surface area contributed by atoms with Crippen LogP contribution in [0.3, 0.4) is 0 Å². The molecule has 0 bridgehead atoms. The Balaban J connectivity index is 1.08. The van der Waals surface area contributed by atoms with Crippen LogP contribution < -0.4 is 10.1 Å². The largest absolute Gasteiger partial charge is 0.492 e. The topological polar surface area (TPSA) is 96.8 Å². The van der Waals surface area contributed by atoms with Gasteiger partial charge in [-0.2, -0.15) is 5.10 Å². The van der Waals surface area contributed by atoms with E-state index in [1.807, 2.05) is 24.0 Å². The maximum Gasteiger partial charge on any atom is 0.255 e. The van der Waals surface area contributed by atoms with Crippen LogP contribution >= 0.6 is 0 Å². The number of imide groups is 1. The van der Waals surface area contributed by atoms with Crippen LogP contribution in [0.2, 0.25) is 0 Å². The van der Waals surface area contributed by atoms with Gasteiger partial charge in [-0.1, -0.05) is 18.2 Å². The first-order chi connectivity index (χ1) is 17.9. The number of carbonyl (C=O) groups excluding carboxylic acids is 3. The van der Waals surface area contributed by atoms with Gasteiger partial charge in [0, 0.05) is 47.5 Å². The average molecular weight is 500 g/mol. The monoisotopic (exact) mass is 499 g/mol. The Bertz CT molecular complexity index is 1470. The lowest BCUT2D eigenvalue weighted by Gasteiger charge is -2.38. The second-order valence-corrected chi connectivity index (χ2v) is 10.9. The number of ether oxygens (including phenoxy) is 1. The van der Waals surface area contributed by atoms with Crippen LogP contribution in [-0.2, 0) is 35.1 Å². The summed E-state index contributed by atoms with van der Waals surface area (Å²) in [5, 5.41) is 7.88. The normalized spacial score (nSPS) is 22.9. The molecule has 1 unspecified atom stereocenters. The molecule has 190 valence electrons. The van der Waals surface area contributed by atoms with E-state index in [0.717, 1.165) is 54.7 Å². The minimum atomic E-state index is -0.614. The molecule has 1 spiro atoms. The molecule has 3 amide bonds. The highest BCUT2D eigenvalue weighted by Gasteiger charge is 2.47. The molecular formula is C28H29N5O4. The molecule has 2 saturated heterocycles. The van der Waals surface area contributed by atoms with Gasteiger partial charge in [-0.05, 0) is 50.0 Å². The standard InChI is InChI=1S/C28H29N5O4/c1-31-23-12-17(2-3-18(23)13-29-31)14-32-10-8-28(9-11-32)16-37-25-20-15-33(22-6-7-24(34)30-26(22)35)27(36)19(20)4-5-21(25)28/h2-5,12-13,22H,6-11,14-16H2,1H3,(H,30,34,35). The number of benzene rings is 2. The summed E-state index contributed by atoms with van der Waals surface area (Å²) >= 11 is 0. The van der Waals surface area contributed by atoms with Gasteiger partial charge < -0.3 is 9.64 Å². The molecule has 1 atom stereocenters. The number of amides is 3. The van der Waals surface area contributed by atoms with Crippen LogP contribution in [0.5, 0.6) is 5.75 Å². The van der Waals surface area contributed by atoms with E-state index >= 15 is 0 Å². The van der Waals surface area contributed by atoms with Gasteiger partial charge >= 0.3 is 0 Å². The number of nitrogens with zero attached hydrogens (tertiary/aromatic N) is 4. The van der Waals surface area contributed by atoms with E-state index in [1.165, 1.54) is 11.1 Å². The molecule has 4 aliphatic heterocycles. The van der Waals surface area contributed by atoms with Gasteiger partial charge in [0.25, 0.3) is 5.91 Å². The van der Waals surface area contributed by atoms with Crippen LogP contribution in [0.1, 0.15) is 52.7 Å². The Kier molecular flexibility index (Phi) is 4.95. The summed E-state index contributed by atoms with van der Waals surface area (Å²) in [4.78, 5) is 41.3. The van der Waals surface area contributed by atoms with E-state index < -0.39 is 6.04 Å². The van der Waals surface area contributed by atoms with Crippen molar-refractivity contribution in [1.82, 2.24) is 24.9 Å².